The van der Waals surface area contributed by atoms with Crippen molar-refractivity contribution >= 4 is 23.3 Å². The molecule has 25 heavy (non-hydrogen) atoms. The van der Waals surface area contributed by atoms with Crippen LogP contribution < -0.4 is 15.5 Å². The molecule has 2 aromatic rings. The van der Waals surface area contributed by atoms with E-state index in [0.29, 0.717) is 12.6 Å². The van der Waals surface area contributed by atoms with Crippen LogP contribution >= 0.6 is 11.3 Å². The van der Waals surface area contributed by atoms with Crippen molar-refractivity contribution < 1.29 is 14.5 Å². The van der Waals surface area contributed by atoms with Crippen LogP contribution in [0.1, 0.15) is 34.9 Å². The third-order valence-corrected chi connectivity index (χ3v) is 5.54. The SMILES string of the molecule is C[NH+](CC(=O)NC(=O)NCc1cccs1)[C@H]1CCCc2ccccc21. The van der Waals surface area contributed by atoms with Gasteiger partial charge in [0, 0.05) is 16.9 Å². The number of aryl methyl sites for hydroxylation is 1. The number of urea groups is 1. The molecular formula is C19H24N3O2S+. The zero-order valence-corrected chi connectivity index (χ0v) is 15.2. The van der Waals surface area contributed by atoms with E-state index in [1.807, 2.05) is 24.6 Å². The molecule has 0 radical (unpaired) electrons. The number of thiophene rings is 1. The van der Waals surface area contributed by atoms with Gasteiger partial charge < -0.3 is 10.2 Å². The summed E-state index contributed by atoms with van der Waals surface area (Å²) in [6.45, 7) is 0.723. The first-order valence-corrected chi connectivity index (χ1v) is 9.51. The lowest BCUT2D eigenvalue weighted by molar-refractivity contribution is -0.905. The molecule has 1 aromatic carbocycles. The molecule has 0 aliphatic heterocycles. The van der Waals surface area contributed by atoms with Gasteiger partial charge in [0.2, 0.25) is 0 Å². The van der Waals surface area contributed by atoms with Gasteiger partial charge in [-0.3, -0.25) is 10.1 Å². The van der Waals surface area contributed by atoms with Crippen LogP contribution in [0.5, 0.6) is 0 Å². The van der Waals surface area contributed by atoms with Gasteiger partial charge in [0.05, 0.1) is 13.6 Å². The Labute approximate surface area is 152 Å². The number of rotatable bonds is 5. The zero-order chi connectivity index (χ0) is 17.6. The molecule has 3 N–H and O–H groups in total. The number of fused-ring (bicyclic) bond motifs is 1. The fourth-order valence-electron chi connectivity index (χ4n) is 3.44. The van der Waals surface area contributed by atoms with Crippen molar-refractivity contribution in [3.8, 4) is 0 Å². The highest BCUT2D eigenvalue weighted by Gasteiger charge is 2.28. The monoisotopic (exact) mass is 358 g/mol. The van der Waals surface area contributed by atoms with E-state index in [2.05, 4.69) is 34.9 Å². The minimum Gasteiger partial charge on any atom is -0.333 e. The number of hydrogen-bond donors (Lipinski definition) is 3. The fraction of sp³-hybridized carbons (Fsp3) is 0.368. The van der Waals surface area contributed by atoms with Gasteiger partial charge in [-0.1, -0.05) is 30.3 Å². The maximum Gasteiger partial charge on any atom is 0.321 e. The quantitative estimate of drug-likeness (QED) is 0.761. The van der Waals surface area contributed by atoms with Crippen LogP contribution in [0.3, 0.4) is 0 Å². The van der Waals surface area contributed by atoms with Crippen LogP contribution in [0.15, 0.2) is 41.8 Å². The average Bonchev–Trinajstić information content (AvgIpc) is 3.13. The molecule has 0 saturated heterocycles. The van der Waals surface area contributed by atoms with E-state index >= 15 is 0 Å². The van der Waals surface area contributed by atoms with Gasteiger partial charge >= 0.3 is 6.03 Å². The second-order valence-electron chi connectivity index (χ2n) is 6.48. The normalized spacial score (nSPS) is 17.4. The Morgan fingerprint density at radius 2 is 2.08 bits per heavy atom. The van der Waals surface area contributed by atoms with Crippen molar-refractivity contribution in [3.63, 3.8) is 0 Å². The Morgan fingerprint density at radius 1 is 1.24 bits per heavy atom. The van der Waals surface area contributed by atoms with Crippen LogP contribution in [0.2, 0.25) is 0 Å². The standard InChI is InChI=1S/C19H23N3O2S/c1-22(17-10-4-7-14-6-2-3-9-16(14)17)13-18(23)21-19(24)20-12-15-8-5-11-25-15/h2-3,5-6,8-9,11,17H,4,7,10,12-13H2,1H3,(H2,20,21,23,24)/p+1/t17-/m0/s1. The van der Waals surface area contributed by atoms with Crippen LogP contribution in [0.4, 0.5) is 4.79 Å². The number of nitrogens with one attached hydrogen (secondary N) is 3. The lowest BCUT2D eigenvalue weighted by Crippen LogP contribution is -3.10. The second-order valence-corrected chi connectivity index (χ2v) is 7.51. The number of likely N-dealkylation sites (N-methyl/N-ethyl adjacent to an activating group) is 1. The largest absolute Gasteiger partial charge is 0.333 e. The molecule has 0 fully saturated rings. The molecule has 1 aliphatic carbocycles. The van der Waals surface area contributed by atoms with Crippen LogP contribution in [0.25, 0.3) is 0 Å². The predicted octanol–water partition coefficient (Wildman–Crippen LogP) is 1.67. The molecule has 0 saturated carbocycles. The molecule has 1 aromatic heterocycles. The van der Waals surface area contributed by atoms with Crippen molar-refractivity contribution in [3.05, 3.63) is 57.8 Å². The van der Waals surface area contributed by atoms with Crippen molar-refractivity contribution in [1.82, 2.24) is 10.6 Å². The Balaban J connectivity index is 1.50. The molecule has 1 unspecified atom stereocenters. The minimum absolute atomic E-state index is 0.246. The van der Waals surface area contributed by atoms with E-state index in [1.54, 1.807) is 11.3 Å². The van der Waals surface area contributed by atoms with E-state index in [0.717, 1.165) is 29.0 Å². The van der Waals surface area contributed by atoms with Gasteiger partial charge in [-0.15, -0.1) is 11.3 Å². The smallest absolute Gasteiger partial charge is 0.321 e. The number of hydrogen-bond acceptors (Lipinski definition) is 3. The van der Waals surface area contributed by atoms with Gasteiger partial charge in [-0.25, -0.2) is 4.79 Å². The lowest BCUT2D eigenvalue weighted by Gasteiger charge is -2.30. The molecule has 0 spiro atoms. The number of carbonyl (C=O) groups excluding carboxylic acids is 2. The van der Waals surface area contributed by atoms with Gasteiger partial charge in [0.15, 0.2) is 6.54 Å². The summed E-state index contributed by atoms with van der Waals surface area (Å²) in [7, 11) is 2.02. The predicted molar refractivity (Wildman–Crippen MR) is 98.6 cm³/mol. The molecule has 3 amide bonds. The number of benzene rings is 1. The molecule has 0 bridgehead atoms. The van der Waals surface area contributed by atoms with Crippen molar-refractivity contribution in [2.75, 3.05) is 13.6 Å². The Hall–Kier alpha value is -2.18. The summed E-state index contributed by atoms with van der Waals surface area (Å²) in [5, 5.41) is 7.10. The molecule has 132 valence electrons. The van der Waals surface area contributed by atoms with Gasteiger partial charge in [0.1, 0.15) is 6.04 Å². The highest BCUT2D eigenvalue weighted by Crippen LogP contribution is 2.27. The van der Waals surface area contributed by atoms with E-state index in [-0.39, 0.29) is 12.5 Å². The summed E-state index contributed by atoms with van der Waals surface area (Å²) in [6.07, 6.45) is 3.32. The first kappa shape index (κ1) is 17.6. The highest BCUT2D eigenvalue weighted by molar-refractivity contribution is 7.09. The van der Waals surface area contributed by atoms with Crippen molar-refractivity contribution in [1.29, 1.82) is 0 Å². The lowest BCUT2D eigenvalue weighted by atomic mass is 9.87. The van der Waals surface area contributed by atoms with E-state index in [1.165, 1.54) is 11.1 Å². The zero-order valence-electron chi connectivity index (χ0n) is 14.4. The summed E-state index contributed by atoms with van der Waals surface area (Å²) in [5.41, 5.74) is 2.72. The molecule has 6 heteroatoms. The molecular weight excluding hydrogens is 334 g/mol. The maximum atomic E-state index is 12.2. The second kappa shape index (κ2) is 8.27. The summed E-state index contributed by atoms with van der Waals surface area (Å²) < 4.78 is 0. The fourth-order valence-corrected chi connectivity index (χ4v) is 4.08. The Bertz CT molecular complexity index is 730. The van der Waals surface area contributed by atoms with Crippen LogP contribution in [-0.4, -0.2) is 25.5 Å². The number of amides is 3. The van der Waals surface area contributed by atoms with Gasteiger partial charge in [-0.2, -0.15) is 0 Å². The van der Waals surface area contributed by atoms with E-state index in [4.69, 9.17) is 0 Å². The summed E-state index contributed by atoms with van der Waals surface area (Å²) in [6, 6.07) is 12.2. The third-order valence-electron chi connectivity index (χ3n) is 4.66. The summed E-state index contributed by atoms with van der Waals surface area (Å²) in [4.78, 5) is 26.2. The van der Waals surface area contributed by atoms with Crippen LogP contribution in [0, 0.1) is 0 Å². The van der Waals surface area contributed by atoms with Gasteiger partial charge in [-0.05, 0) is 29.9 Å². The number of imide groups is 1. The topological polar surface area (TPSA) is 62.6 Å². The molecule has 5 nitrogen and oxygen atoms in total. The van der Waals surface area contributed by atoms with Crippen LogP contribution in [-0.2, 0) is 17.8 Å². The average molecular weight is 358 g/mol. The summed E-state index contributed by atoms with van der Waals surface area (Å²) in [5.74, 6) is -0.246. The molecule has 1 aliphatic rings. The van der Waals surface area contributed by atoms with Gasteiger partial charge in [0.25, 0.3) is 5.91 Å². The minimum atomic E-state index is -0.435. The van der Waals surface area contributed by atoms with Crippen molar-refractivity contribution in [2.24, 2.45) is 0 Å². The molecule has 3 rings (SSSR count). The summed E-state index contributed by atoms with van der Waals surface area (Å²) >= 11 is 1.58. The first-order valence-electron chi connectivity index (χ1n) is 8.63. The highest BCUT2D eigenvalue weighted by atomic mass is 32.1. The van der Waals surface area contributed by atoms with E-state index in [9.17, 15) is 9.59 Å². The molecule has 2 atom stereocenters. The first-order chi connectivity index (χ1) is 12.1. The maximum absolute atomic E-state index is 12.2. The van der Waals surface area contributed by atoms with Crippen molar-refractivity contribution in [2.45, 2.75) is 31.8 Å². The third kappa shape index (κ3) is 4.67. The van der Waals surface area contributed by atoms with E-state index < -0.39 is 6.03 Å². The Kier molecular flexibility index (Phi) is 5.83. The molecule has 1 heterocycles. The number of carbonyl (C=O) groups is 2. The number of quaternary nitrogens is 1. The Morgan fingerprint density at radius 3 is 2.88 bits per heavy atom.